The number of aromatic carboxylic acids is 1. The summed E-state index contributed by atoms with van der Waals surface area (Å²) >= 11 is 0. The first kappa shape index (κ1) is 19.1. The summed E-state index contributed by atoms with van der Waals surface area (Å²) in [6.45, 7) is 0. The number of carboxylic acids is 1. The van der Waals surface area contributed by atoms with Crippen LogP contribution in [0, 0.1) is 0 Å². The number of benzene rings is 2. The van der Waals surface area contributed by atoms with E-state index in [-0.39, 0.29) is 22.4 Å². The predicted octanol–water partition coefficient (Wildman–Crippen LogP) is 2.19. The highest BCUT2D eigenvalue weighted by Gasteiger charge is 2.28. The van der Waals surface area contributed by atoms with Crippen LogP contribution in [-0.4, -0.2) is 50.4 Å². The van der Waals surface area contributed by atoms with Crippen LogP contribution in [0.25, 0.3) is 11.1 Å². The van der Waals surface area contributed by atoms with Gasteiger partial charge in [0, 0.05) is 25.7 Å². The molecule has 0 aliphatic heterocycles. The van der Waals surface area contributed by atoms with Gasteiger partial charge in [0.05, 0.1) is 10.5 Å². The number of carbonyl (C=O) groups is 2. The van der Waals surface area contributed by atoms with E-state index >= 15 is 0 Å². The molecule has 1 fully saturated rings. The summed E-state index contributed by atoms with van der Waals surface area (Å²) in [6.07, 6.45) is 1.57. The minimum Gasteiger partial charge on any atom is -0.478 e. The summed E-state index contributed by atoms with van der Waals surface area (Å²) in [6, 6.07) is 10.5. The zero-order valence-corrected chi connectivity index (χ0v) is 15.8. The number of rotatable bonds is 6. The maximum Gasteiger partial charge on any atom is 0.335 e. The first-order valence-electron chi connectivity index (χ1n) is 8.40. The number of carboxylic acid groups (broad SMARTS) is 1. The van der Waals surface area contributed by atoms with Gasteiger partial charge in [0.2, 0.25) is 10.0 Å². The molecule has 3 rings (SSSR count). The lowest BCUT2D eigenvalue weighted by atomic mass is 10.0. The van der Waals surface area contributed by atoms with Crippen molar-refractivity contribution in [2.24, 2.45) is 0 Å². The Morgan fingerprint density at radius 2 is 1.63 bits per heavy atom. The molecule has 1 aliphatic carbocycles. The second-order valence-corrected chi connectivity index (χ2v) is 8.44. The second kappa shape index (κ2) is 7.13. The maximum atomic E-state index is 12.5. The molecule has 142 valence electrons. The van der Waals surface area contributed by atoms with Gasteiger partial charge < -0.3 is 10.0 Å². The van der Waals surface area contributed by atoms with Gasteiger partial charge >= 0.3 is 5.97 Å². The molecule has 0 spiro atoms. The Kier molecular flexibility index (Phi) is 5.03. The van der Waals surface area contributed by atoms with Crippen molar-refractivity contribution in [1.29, 1.82) is 0 Å². The van der Waals surface area contributed by atoms with Gasteiger partial charge in [-0.1, -0.05) is 12.1 Å². The Labute approximate surface area is 157 Å². The Hall–Kier alpha value is -2.71. The van der Waals surface area contributed by atoms with E-state index in [2.05, 4.69) is 4.72 Å². The smallest absolute Gasteiger partial charge is 0.335 e. The molecule has 7 nitrogen and oxygen atoms in total. The number of amides is 1. The first-order valence-corrected chi connectivity index (χ1v) is 9.88. The molecule has 0 aromatic heterocycles. The number of hydrogen-bond donors (Lipinski definition) is 2. The fourth-order valence-electron chi connectivity index (χ4n) is 2.60. The monoisotopic (exact) mass is 388 g/mol. The zero-order valence-electron chi connectivity index (χ0n) is 15.0. The van der Waals surface area contributed by atoms with E-state index < -0.39 is 16.0 Å². The Morgan fingerprint density at radius 1 is 1.00 bits per heavy atom. The molecular formula is C19H20N2O5S. The average Bonchev–Trinajstić information content (AvgIpc) is 3.44. The SMILES string of the molecule is CN(C)C(=O)c1ccc(-c2cc(C(=O)O)cc(S(=O)(=O)NC3CC3)c2)cc1. The van der Waals surface area contributed by atoms with Crippen LogP contribution in [0.5, 0.6) is 0 Å². The van der Waals surface area contributed by atoms with Crippen LogP contribution in [0.3, 0.4) is 0 Å². The standard InChI is InChI=1S/C19H20N2O5S/c1-21(2)18(22)13-5-3-12(4-6-13)14-9-15(19(23)24)11-17(10-14)27(25,26)20-16-7-8-16/h3-6,9-11,16,20H,7-8H2,1-2H3,(H,23,24). The van der Waals surface area contributed by atoms with Crippen LogP contribution >= 0.6 is 0 Å². The second-order valence-electron chi connectivity index (χ2n) is 6.72. The molecule has 0 unspecified atom stereocenters. The van der Waals surface area contributed by atoms with E-state index in [0.717, 1.165) is 18.9 Å². The summed E-state index contributed by atoms with van der Waals surface area (Å²) in [5, 5.41) is 9.35. The van der Waals surface area contributed by atoms with Gasteiger partial charge in [-0.2, -0.15) is 0 Å². The average molecular weight is 388 g/mol. The van der Waals surface area contributed by atoms with Crippen molar-refractivity contribution in [2.75, 3.05) is 14.1 Å². The molecule has 1 aliphatic rings. The lowest BCUT2D eigenvalue weighted by molar-refractivity contribution is 0.0696. The van der Waals surface area contributed by atoms with Crippen LogP contribution in [-0.2, 0) is 10.0 Å². The topological polar surface area (TPSA) is 104 Å². The van der Waals surface area contributed by atoms with Crippen molar-refractivity contribution < 1.29 is 23.1 Å². The van der Waals surface area contributed by atoms with Crippen molar-refractivity contribution in [2.45, 2.75) is 23.8 Å². The molecule has 0 heterocycles. The van der Waals surface area contributed by atoms with Gasteiger partial charge in [-0.25, -0.2) is 17.9 Å². The van der Waals surface area contributed by atoms with Gasteiger partial charge in [0.25, 0.3) is 5.91 Å². The molecule has 2 N–H and O–H groups in total. The molecule has 2 aromatic carbocycles. The van der Waals surface area contributed by atoms with Crippen molar-refractivity contribution in [3.8, 4) is 11.1 Å². The van der Waals surface area contributed by atoms with Crippen molar-refractivity contribution in [3.63, 3.8) is 0 Å². The molecule has 2 aromatic rings. The quantitative estimate of drug-likeness (QED) is 0.789. The van der Waals surface area contributed by atoms with Crippen LogP contribution in [0.1, 0.15) is 33.6 Å². The van der Waals surface area contributed by atoms with Gasteiger partial charge in [0.1, 0.15) is 0 Å². The van der Waals surface area contributed by atoms with E-state index in [0.29, 0.717) is 16.7 Å². The molecular weight excluding hydrogens is 368 g/mol. The predicted molar refractivity (Wildman–Crippen MR) is 100 cm³/mol. The molecule has 0 atom stereocenters. The van der Waals surface area contributed by atoms with Crippen LogP contribution in [0.2, 0.25) is 0 Å². The van der Waals surface area contributed by atoms with E-state index in [1.165, 1.54) is 17.0 Å². The number of hydrogen-bond acceptors (Lipinski definition) is 4. The lowest BCUT2D eigenvalue weighted by Gasteiger charge is -2.12. The largest absolute Gasteiger partial charge is 0.478 e. The highest BCUT2D eigenvalue weighted by molar-refractivity contribution is 7.89. The van der Waals surface area contributed by atoms with Crippen molar-refractivity contribution >= 4 is 21.9 Å². The molecule has 1 amide bonds. The van der Waals surface area contributed by atoms with Gasteiger partial charge in [-0.3, -0.25) is 4.79 Å². The number of nitrogens with one attached hydrogen (secondary N) is 1. The zero-order chi connectivity index (χ0) is 19.8. The van der Waals surface area contributed by atoms with Crippen molar-refractivity contribution in [1.82, 2.24) is 9.62 Å². The van der Waals surface area contributed by atoms with Crippen LogP contribution in [0.15, 0.2) is 47.4 Å². The maximum absolute atomic E-state index is 12.5. The molecule has 27 heavy (non-hydrogen) atoms. The minimum absolute atomic E-state index is 0.0803. The van der Waals surface area contributed by atoms with Gasteiger partial charge in [-0.05, 0) is 54.3 Å². The summed E-state index contributed by atoms with van der Waals surface area (Å²) in [4.78, 5) is 24.8. The molecule has 0 radical (unpaired) electrons. The van der Waals surface area contributed by atoms with Gasteiger partial charge in [0.15, 0.2) is 0 Å². The summed E-state index contributed by atoms with van der Waals surface area (Å²) < 4.78 is 27.6. The Balaban J connectivity index is 2.01. The highest BCUT2D eigenvalue weighted by Crippen LogP contribution is 2.27. The molecule has 0 saturated heterocycles. The van der Waals surface area contributed by atoms with Crippen LogP contribution in [0.4, 0.5) is 0 Å². The number of carbonyl (C=O) groups excluding carboxylic acids is 1. The van der Waals surface area contributed by atoms with E-state index in [1.807, 2.05) is 0 Å². The van der Waals surface area contributed by atoms with Crippen molar-refractivity contribution in [3.05, 3.63) is 53.6 Å². The van der Waals surface area contributed by atoms with E-state index in [4.69, 9.17) is 0 Å². The van der Waals surface area contributed by atoms with E-state index in [1.54, 1.807) is 38.4 Å². The third-order valence-electron chi connectivity index (χ3n) is 4.23. The summed E-state index contributed by atoms with van der Waals surface area (Å²) in [5.41, 5.74) is 1.45. The van der Waals surface area contributed by atoms with Gasteiger partial charge in [-0.15, -0.1) is 0 Å². The summed E-state index contributed by atoms with van der Waals surface area (Å²) in [7, 11) is -0.492. The van der Waals surface area contributed by atoms with Crippen LogP contribution < -0.4 is 4.72 Å². The molecule has 8 heteroatoms. The fourth-order valence-corrected chi connectivity index (χ4v) is 3.97. The third-order valence-corrected chi connectivity index (χ3v) is 5.73. The molecule has 0 bridgehead atoms. The van der Waals surface area contributed by atoms with E-state index in [9.17, 15) is 23.1 Å². The first-order chi connectivity index (χ1) is 12.7. The fraction of sp³-hybridized carbons (Fsp3) is 0.263. The normalized spacial score (nSPS) is 14.0. The highest BCUT2D eigenvalue weighted by atomic mass is 32.2. The number of nitrogens with zero attached hydrogens (tertiary/aromatic N) is 1. The molecule has 1 saturated carbocycles. The Morgan fingerprint density at radius 3 is 2.15 bits per heavy atom. The number of sulfonamides is 1. The lowest BCUT2D eigenvalue weighted by Crippen LogP contribution is -2.26. The summed E-state index contributed by atoms with van der Waals surface area (Å²) in [5.74, 6) is -1.36. The minimum atomic E-state index is -3.79. The Bertz CT molecular complexity index is 993. The third kappa shape index (κ3) is 4.35.